The van der Waals surface area contributed by atoms with Gasteiger partial charge < -0.3 is 8.98 Å². The van der Waals surface area contributed by atoms with Crippen molar-refractivity contribution in [1.29, 1.82) is 0 Å². The van der Waals surface area contributed by atoms with Crippen molar-refractivity contribution >= 4 is 33.2 Å². The van der Waals surface area contributed by atoms with Crippen LogP contribution in [-0.2, 0) is 7.05 Å². The SMILES string of the molecule is Cc1sc(=NC(=O)c2ccco2)n(C)c1-c1ccc(Br)cc1. The summed E-state index contributed by atoms with van der Waals surface area (Å²) in [5.74, 6) is -0.125. The minimum absolute atomic E-state index is 0.247. The maximum Gasteiger partial charge on any atom is 0.315 e. The van der Waals surface area contributed by atoms with Crippen LogP contribution in [-0.4, -0.2) is 10.5 Å². The summed E-state index contributed by atoms with van der Waals surface area (Å²) < 4.78 is 8.06. The molecule has 3 rings (SSSR count). The monoisotopic (exact) mass is 376 g/mol. The van der Waals surface area contributed by atoms with Crippen LogP contribution in [0.2, 0.25) is 0 Å². The van der Waals surface area contributed by atoms with Crippen LogP contribution >= 0.6 is 27.3 Å². The number of nitrogens with zero attached hydrogens (tertiary/aromatic N) is 2. The van der Waals surface area contributed by atoms with Crippen LogP contribution in [0.3, 0.4) is 0 Å². The standard InChI is InChI=1S/C16H13BrN2O2S/c1-10-14(11-5-7-12(17)8-6-11)19(2)16(22-10)18-15(20)13-4-3-9-21-13/h3-9H,1-2H3. The topological polar surface area (TPSA) is 47.5 Å². The molecule has 0 saturated heterocycles. The number of carbonyl (C=O) groups is 1. The highest BCUT2D eigenvalue weighted by atomic mass is 79.9. The van der Waals surface area contributed by atoms with E-state index in [0.717, 1.165) is 20.6 Å². The van der Waals surface area contributed by atoms with Crippen molar-refractivity contribution < 1.29 is 9.21 Å². The number of aryl methyl sites for hydroxylation is 1. The first-order chi connectivity index (χ1) is 10.6. The lowest BCUT2D eigenvalue weighted by molar-refractivity contribution is 0.0971. The normalized spacial score (nSPS) is 11.9. The van der Waals surface area contributed by atoms with Gasteiger partial charge in [-0.25, -0.2) is 0 Å². The zero-order chi connectivity index (χ0) is 15.7. The van der Waals surface area contributed by atoms with E-state index in [1.807, 2.05) is 42.8 Å². The summed E-state index contributed by atoms with van der Waals surface area (Å²) in [4.78, 5) is 18.0. The number of halogens is 1. The minimum atomic E-state index is -0.371. The molecule has 22 heavy (non-hydrogen) atoms. The summed E-state index contributed by atoms with van der Waals surface area (Å²) in [6.45, 7) is 2.03. The average Bonchev–Trinajstić information content (AvgIpc) is 3.10. The molecular weight excluding hydrogens is 364 g/mol. The number of rotatable bonds is 2. The Kier molecular flexibility index (Phi) is 4.13. The number of aromatic nitrogens is 1. The zero-order valence-corrected chi connectivity index (χ0v) is 14.4. The van der Waals surface area contributed by atoms with Gasteiger partial charge in [-0.2, -0.15) is 4.99 Å². The third-order valence-electron chi connectivity index (χ3n) is 3.25. The maximum absolute atomic E-state index is 12.1. The van der Waals surface area contributed by atoms with Crippen molar-refractivity contribution in [3.05, 3.63) is 62.6 Å². The van der Waals surface area contributed by atoms with E-state index in [0.29, 0.717) is 4.80 Å². The fraction of sp³-hybridized carbons (Fsp3) is 0.125. The molecule has 1 aromatic carbocycles. The van der Waals surface area contributed by atoms with Gasteiger partial charge >= 0.3 is 5.91 Å². The molecule has 0 radical (unpaired) electrons. The van der Waals surface area contributed by atoms with E-state index < -0.39 is 0 Å². The number of furan rings is 1. The predicted octanol–water partition coefficient (Wildman–Crippen LogP) is 4.16. The molecule has 3 aromatic rings. The van der Waals surface area contributed by atoms with E-state index in [1.54, 1.807) is 12.1 Å². The van der Waals surface area contributed by atoms with Gasteiger partial charge in [0.15, 0.2) is 10.6 Å². The Bertz CT molecular complexity index is 874. The number of hydrogen-bond donors (Lipinski definition) is 0. The van der Waals surface area contributed by atoms with Gasteiger partial charge in [-0.15, -0.1) is 11.3 Å². The zero-order valence-electron chi connectivity index (χ0n) is 12.0. The Morgan fingerprint density at radius 1 is 1.27 bits per heavy atom. The molecule has 0 N–H and O–H groups in total. The Labute approximate surface area is 139 Å². The lowest BCUT2D eigenvalue weighted by Gasteiger charge is -2.04. The van der Waals surface area contributed by atoms with Crippen molar-refractivity contribution in [1.82, 2.24) is 4.57 Å². The van der Waals surface area contributed by atoms with Crippen molar-refractivity contribution in [2.75, 3.05) is 0 Å². The number of benzene rings is 1. The van der Waals surface area contributed by atoms with Crippen molar-refractivity contribution in [2.45, 2.75) is 6.92 Å². The fourth-order valence-corrected chi connectivity index (χ4v) is 3.48. The first-order valence-electron chi connectivity index (χ1n) is 6.61. The van der Waals surface area contributed by atoms with Gasteiger partial charge in [0.25, 0.3) is 0 Å². The maximum atomic E-state index is 12.1. The van der Waals surface area contributed by atoms with Crippen molar-refractivity contribution in [3.63, 3.8) is 0 Å². The highest BCUT2D eigenvalue weighted by molar-refractivity contribution is 9.10. The second-order valence-corrected chi connectivity index (χ2v) is 6.85. The average molecular weight is 377 g/mol. The quantitative estimate of drug-likeness (QED) is 0.673. The number of hydrogen-bond acceptors (Lipinski definition) is 3. The van der Waals surface area contributed by atoms with Gasteiger partial charge in [0, 0.05) is 16.4 Å². The third-order valence-corrected chi connectivity index (χ3v) is 4.82. The number of carbonyl (C=O) groups excluding carboxylic acids is 1. The Balaban J connectivity index is 2.07. The van der Waals surface area contributed by atoms with E-state index in [9.17, 15) is 4.79 Å². The van der Waals surface area contributed by atoms with Gasteiger partial charge in [0.2, 0.25) is 0 Å². The Morgan fingerprint density at radius 2 is 2.00 bits per heavy atom. The molecule has 0 bridgehead atoms. The molecule has 112 valence electrons. The summed E-state index contributed by atoms with van der Waals surface area (Å²) in [6, 6.07) is 11.4. The molecule has 2 aromatic heterocycles. The van der Waals surface area contributed by atoms with Gasteiger partial charge in [-0.1, -0.05) is 28.1 Å². The van der Waals surface area contributed by atoms with Crippen LogP contribution in [0.25, 0.3) is 11.3 Å². The first kappa shape index (κ1) is 15.0. The molecule has 0 aliphatic heterocycles. The predicted molar refractivity (Wildman–Crippen MR) is 89.8 cm³/mol. The second-order valence-electron chi connectivity index (χ2n) is 4.75. The molecule has 0 spiro atoms. The molecule has 0 aliphatic rings. The third kappa shape index (κ3) is 2.84. The fourth-order valence-electron chi connectivity index (χ4n) is 2.23. The van der Waals surface area contributed by atoms with Crippen LogP contribution < -0.4 is 4.80 Å². The van der Waals surface area contributed by atoms with Crippen LogP contribution in [0.4, 0.5) is 0 Å². The van der Waals surface area contributed by atoms with E-state index in [1.165, 1.54) is 17.6 Å². The molecular formula is C16H13BrN2O2S. The smallest absolute Gasteiger partial charge is 0.315 e. The molecule has 0 saturated carbocycles. The highest BCUT2D eigenvalue weighted by Crippen LogP contribution is 2.25. The van der Waals surface area contributed by atoms with Gasteiger partial charge in [0.05, 0.1) is 12.0 Å². The van der Waals surface area contributed by atoms with Crippen LogP contribution in [0.1, 0.15) is 15.4 Å². The molecule has 0 atom stereocenters. The summed E-state index contributed by atoms with van der Waals surface area (Å²) in [7, 11) is 1.91. The molecule has 0 fully saturated rings. The number of amides is 1. The molecule has 0 aliphatic carbocycles. The van der Waals surface area contributed by atoms with E-state index >= 15 is 0 Å². The minimum Gasteiger partial charge on any atom is -0.459 e. The van der Waals surface area contributed by atoms with Crippen LogP contribution in [0.15, 0.2) is 56.5 Å². The van der Waals surface area contributed by atoms with E-state index in [2.05, 4.69) is 20.9 Å². The van der Waals surface area contributed by atoms with Crippen molar-refractivity contribution in [3.8, 4) is 11.3 Å². The van der Waals surface area contributed by atoms with Crippen molar-refractivity contribution in [2.24, 2.45) is 12.0 Å². The first-order valence-corrected chi connectivity index (χ1v) is 8.22. The lowest BCUT2D eigenvalue weighted by Crippen LogP contribution is -2.14. The molecule has 1 amide bonds. The van der Waals surface area contributed by atoms with Gasteiger partial charge in [-0.05, 0) is 36.8 Å². The Hall–Kier alpha value is -1.92. The molecule has 2 heterocycles. The lowest BCUT2D eigenvalue weighted by atomic mass is 10.1. The summed E-state index contributed by atoms with van der Waals surface area (Å²) in [5.41, 5.74) is 2.15. The van der Waals surface area contributed by atoms with E-state index in [-0.39, 0.29) is 11.7 Å². The summed E-state index contributed by atoms with van der Waals surface area (Å²) in [5, 5.41) is 0. The summed E-state index contributed by atoms with van der Waals surface area (Å²) in [6.07, 6.45) is 1.47. The van der Waals surface area contributed by atoms with E-state index in [4.69, 9.17) is 4.42 Å². The number of thiazole rings is 1. The largest absolute Gasteiger partial charge is 0.459 e. The van der Waals surface area contributed by atoms with Crippen LogP contribution in [0.5, 0.6) is 0 Å². The Morgan fingerprint density at radius 3 is 2.64 bits per heavy atom. The molecule has 4 nitrogen and oxygen atoms in total. The summed E-state index contributed by atoms with van der Waals surface area (Å²) >= 11 is 4.92. The highest BCUT2D eigenvalue weighted by Gasteiger charge is 2.12. The second kappa shape index (κ2) is 6.06. The molecule has 6 heteroatoms. The van der Waals surface area contributed by atoms with Crippen LogP contribution in [0, 0.1) is 6.92 Å². The van der Waals surface area contributed by atoms with Gasteiger partial charge in [0.1, 0.15) is 0 Å². The molecule has 0 unspecified atom stereocenters. The van der Waals surface area contributed by atoms with Gasteiger partial charge in [-0.3, -0.25) is 4.79 Å².